The van der Waals surface area contributed by atoms with Gasteiger partial charge in [-0.15, -0.1) is 0 Å². The first-order valence-electron chi connectivity index (χ1n) is 7.21. The number of para-hydroxylation sites is 1. The summed E-state index contributed by atoms with van der Waals surface area (Å²) in [7, 11) is 0. The molecule has 0 aliphatic rings. The highest BCUT2D eigenvalue weighted by atomic mass is 16.5. The Hall–Kier alpha value is -2.80. The minimum absolute atomic E-state index is 0.181. The molecule has 2 aromatic rings. The molecule has 0 saturated heterocycles. The monoisotopic (exact) mass is 294 g/mol. The minimum Gasteiger partial charge on any atom is -0.481 e. The van der Waals surface area contributed by atoms with Crippen molar-refractivity contribution in [3.05, 3.63) is 60.2 Å². The second kappa shape index (κ2) is 7.84. The van der Waals surface area contributed by atoms with Crippen molar-refractivity contribution >= 4 is 11.6 Å². The summed E-state index contributed by atoms with van der Waals surface area (Å²) in [6, 6.07) is 18.6. The van der Waals surface area contributed by atoms with Gasteiger partial charge in [0.25, 0.3) is 5.91 Å². The zero-order chi connectivity index (χ0) is 15.8. The van der Waals surface area contributed by atoms with E-state index in [1.165, 1.54) is 0 Å². The number of nitrogens with zero attached hydrogens (tertiary/aromatic N) is 1. The summed E-state index contributed by atoms with van der Waals surface area (Å²) < 4.78 is 5.70. The number of rotatable bonds is 6. The van der Waals surface area contributed by atoms with Gasteiger partial charge in [0.1, 0.15) is 5.75 Å². The Morgan fingerprint density at radius 1 is 1.18 bits per heavy atom. The molecule has 0 saturated carbocycles. The Morgan fingerprint density at radius 3 is 2.45 bits per heavy atom. The lowest BCUT2D eigenvalue weighted by molar-refractivity contribution is -0.122. The number of ether oxygens (including phenoxy) is 1. The topological polar surface area (TPSA) is 62.1 Å². The summed E-state index contributed by atoms with van der Waals surface area (Å²) >= 11 is 0. The molecule has 1 amide bonds. The van der Waals surface area contributed by atoms with Gasteiger partial charge in [0, 0.05) is 5.69 Å². The van der Waals surface area contributed by atoms with E-state index in [2.05, 4.69) is 11.4 Å². The van der Waals surface area contributed by atoms with Crippen LogP contribution in [0.25, 0.3) is 0 Å². The van der Waals surface area contributed by atoms with Crippen molar-refractivity contribution in [1.82, 2.24) is 0 Å². The molecule has 0 heterocycles. The van der Waals surface area contributed by atoms with Crippen LogP contribution in [0.15, 0.2) is 54.6 Å². The summed E-state index contributed by atoms with van der Waals surface area (Å²) in [5.41, 5.74) is 1.62. The van der Waals surface area contributed by atoms with E-state index in [1.54, 1.807) is 12.1 Å². The van der Waals surface area contributed by atoms with E-state index in [1.807, 2.05) is 49.4 Å². The Labute approximate surface area is 130 Å². The van der Waals surface area contributed by atoms with E-state index in [9.17, 15) is 4.79 Å². The van der Waals surface area contributed by atoms with Crippen molar-refractivity contribution in [1.29, 1.82) is 5.26 Å². The lowest BCUT2D eigenvalue weighted by atomic mass is 10.1. The van der Waals surface area contributed by atoms with Gasteiger partial charge in [0.05, 0.1) is 12.5 Å². The third kappa shape index (κ3) is 4.35. The Kier molecular flexibility index (Phi) is 5.56. The standard InChI is InChI=1S/C18H18N2O2/c1-2-17(22-16-6-4-3-5-7-16)18(21)20-15-10-8-14(9-11-15)12-13-19/h3-11,17H,2,12H2,1H3,(H,20,21). The van der Waals surface area contributed by atoms with Crippen molar-refractivity contribution in [2.45, 2.75) is 25.9 Å². The molecule has 0 fully saturated rings. The van der Waals surface area contributed by atoms with Crippen molar-refractivity contribution in [2.75, 3.05) is 5.32 Å². The quantitative estimate of drug-likeness (QED) is 0.886. The molecule has 1 unspecified atom stereocenters. The predicted molar refractivity (Wildman–Crippen MR) is 85.5 cm³/mol. The molecule has 4 nitrogen and oxygen atoms in total. The molecule has 0 aliphatic heterocycles. The first-order valence-corrected chi connectivity index (χ1v) is 7.21. The number of hydrogen-bond acceptors (Lipinski definition) is 3. The van der Waals surface area contributed by atoms with Crippen molar-refractivity contribution in [3.63, 3.8) is 0 Å². The highest BCUT2D eigenvalue weighted by Gasteiger charge is 2.18. The molecule has 0 radical (unpaired) electrons. The summed E-state index contributed by atoms with van der Waals surface area (Å²) in [5, 5.41) is 11.5. The minimum atomic E-state index is -0.541. The number of hydrogen-bond donors (Lipinski definition) is 1. The molecule has 2 aromatic carbocycles. The molecule has 0 aromatic heterocycles. The number of carbonyl (C=O) groups is 1. The maximum absolute atomic E-state index is 12.3. The Morgan fingerprint density at radius 2 is 1.86 bits per heavy atom. The Balaban J connectivity index is 1.98. The van der Waals surface area contributed by atoms with Crippen molar-refractivity contribution in [2.24, 2.45) is 0 Å². The molecule has 1 N–H and O–H groups in total. The Bertz CT molecular complexity index is 645. The van der Waals surface area contributed by atoms with Gasteiger partial charge in [-0.3, -0.25) is 4.79 Å². The van der Waals surface area contributed by atoms with Crippen LogP contribution in [0.2, 0.25) is 0 Å². The smallest absolute Gasteiger partial charge is 0.265 e. The van der Waals surface area contributed by atoms with Gasteiger partial charge >= 0.3 is 0 Å². The highest BCUT2D eigenvalue weighted by molar-refractivity contribution is 5.94. The van der Waals surface area contributed by atoms with E-state index in [0.717, 1.165) is 5.56 Å². The molecule has 4 heteroatoms. The van der Waals surface area contributed by atoms with E-state index in [4.69, 9.17) is 10.00 Å². The normalized spacial score (nSPS) is 11.3. The van der Waals surface area contributed by atoms with Crippen LogP contribution >= 0.6 is 0 Å². The molecule has 0 bridgehead atoms. The zero-order valence-corrected chi connectivity index (χ0v) is 12.5. The third-order valence-electron chi connectivity index (χ3n) is 3.19. The molecule has 22 heavy (non-hydrogen) atoms. The van der Waals surface area contributed by atoms with Crippen LogP contribution in [0.4, 0.5) is 5.69 Å². The third-order valence-corrected chi connectivity index (χ3v) is 3.19. The number of anilines is 1. The maximum Gasteiger partial charge on any atom is 0.265 e. The SMILES string of the molecule is CCC(Oc1ccccc1)C(=O)Nc1ccc(CC#N)cc1. The number of nitriles is 1. The fourth-order valence-corrected chi connectivity index (χ4v) is 2.01. The largest absolute Gasteiger partial charge is 0.481 e. The number of benzene rings is 2. The van der Waals surface area contributed by atoms with Crippen LogP contribution in [-0.2, 0) is 11.2 Å². The van der Waals surface area contributed by atoms with Gasteiger partial charge in [-0.05, 0) is 36.2 Å². The van der Waals surface area contributed by atoms with Crippen LogP contribution in [0.1, 0.15) is 18.9 Å². The number of nitrogens with one attached hydrogen (secondary N) is 1. The van der Waals surface area contributed by atoms with Gasteiger partial charge < -0.3 is 10.1 Å². The van der Waals surface area contributed by atoms with Gasteiger partial charge in [-0.2, -0.15) is 5.26 Å². The van der Waals surface area contributed by atoms with Crippen LogP contribution in [-0.4, -0.2) is 12.0 Å². The first kappa shape index (κ1) is 15.6. The van der Waals surface area contributed by atoms with Gasteiger partial charge in [0.15, 0.2) is 6.10 Å². The molecular weight excluding hydrogens is 276 g/mol. The molecule has 112 valence electrons. The zero-order valence-electron chi connectivity index (χ0n) is 12.5. The van der Waals surface area contributed by atoms with E-state index in [0.29, 0.717) is 24.3 Å². The lowest BCUT2D eigenvalue weighted by Crippen LogP contribution is -2.32. The second-order valence-corrected chi connectivity index (χ2v) is 4.85. The van der Waals surface area contributed by atoms with Crippen molar-refractivity contribution < 1.29 is 9.53 Å². The maximum atomic E-state index is 12.3. The summed E-state index contributed by atoms with van der Waals surface area (Å²) in [6.07, 6.45) is 0.400. The van der Waals surface area contributed by atoms with E-state index < -0.39 is 6.10 Å². The van der Waals surface area contributed by atoms with E-state index in [-0.39, 0.29) is 5.91 Å². The van der Waals surface area contributed by atoms with Gasteiger partial charge in [-0.25, -0.2) is 0 Å². The van der Waals surface area contributed by atoms with Crippen molar-refractivity contribution in [3.8, 4) is 11.8 Å². The first-order chi connectivity index (χ1) is 10.7. The summed E-state index contributed by atoms with van der Waals surface area (Å²) in [6.45, 7) is 1.91. The second-order valence-electron chi connectivity index (χ2n) is 4.85. The average molecular weight is 294 g/mol. The number of amides is 1. The molecule has 0 spiro atoms. The fourth-order valence-electron chi connectivity index (χ4n) is 2.01. The summed E-state index contributed by atoms with van der Waals surface area (Å²) in [5.74, 6) is 0.494. The van der Waals surface area contributed by atoms with E-state index >= 15 is 0 Å². The lowest BCUT2D eigenvalue weighted by Gasteiger charge is -2.17. The summed E-state index contributed by atoms with van der Waals surface area (Å²) in [4.78, 5) is 12.3. The van der Waals surface area contributed by atoms with Crippen LogP contribution in [0, 0.1) is 11.3 Å². The fraction of sp³-hybridized carbons (Fsp3) is 0.222. The average Bonchev–Trinajstić information content (AvgIpc) is 2.55. The highest BCUT2D eigenvalue weighted by Crippen LogP contribution is 2.15. The molecular formula is C18H18N2O2. The molecule has 0 aliphatic carbocycles. The van der Waals surface area contributed by atoms with Gasteiger partial charge in [-0.1, -0.05) is 37.3 Å². The van der Waals surface area contributed by atoms with Crippen LogP contribution < -0.4 is 10.1 Å². The predicted octanol–water partition coefficient (Wildman–Crippen LogP) is 3.55. The molecule has 2 rings (SSSR count). The molecule has 1 atom stereocenters. The number of carbonyl (C=O) groups excluding carboxylic acids is 1. The van der Waals surface area contributed by atoms with Crippen LogP contribution in [0.5, 0.6) is 5.75 Å². The van der Waals surface area contributed by atoms with Gasteiger partial charge in [0.2, 0.25) is 0 Å². The van der Waals surface area contributed by atoms with Crippen LogP contribution in [0.3, 0.4) is 0 Å².